The van der Waals surface area contributed by atoms with Crippen molar-refractivity contribution in [2.75, 3.05) is 13.2 Å². The maximum absolute atomic E-state index is 12.6. The highest BCUT2D eigenvalue weighted by Crippen LogP contribution is 2.38. The van der Waals surface area contributed by atoms with E-state index in [2.05, 4.69) is 24.3 Å². The summed E-state index contributed by atoms with van der Waals surface area (Å²) in [4.78, 5) is 12.6. The zero-order valence-electron chi connectivity index (χ0n) is 14.6. The number of benzene rings is 2. The number of carbonyl (C=O) groups is 1. The summed E-state index contributed by atoms with van der Waals surface area (Å²) >= 11 is 0. The summed E-state index contributed by atoms with van der Waals surface area (Å²) in [7, 11) is 0. The first kappa shape index (κ1) is 17.0. The fourth-order valence-electron chi connectivity index (χ4n) is 3.92. The smallest absolute Gasteiger partial charge is 0.163 e. The predicted octanol–water partition coefficient (Wildman–Crippen LogP) is 3.66. The topological polar surface area (TPSA) is 57.5 Å². The van der Waals surface area contributed by atoms with Crippen LogP contribution in [0.3, 0.4) is 0 Å². The highest BCUT2D eigenvalue weighted by atomic mass is 16.3. The van der Waals surface area contributed by atoms with Gasteiger partial charge in [-0.3, -0.25) is 4.79 Å². The van der Waals surface area contributed by atoms with E-state index >= 15 is 0 Å². The minimum Gasteiger partial charge on any atom is -0.396 e. The number of ketones is 1. The van der Waals surface area contributed by atoms with Crippen LogP contribution in [0.5, 0.6) is 0 Å². The van der Waals surface area contributed by atoms with Crippen molar-refractivity contribution in [1.29, 1.82) is 0 Å². The average Bonchev–Trinajstić information content (AvgIpc) is 3.18. The standard InChI is InChI=1S/C23H22O3/c24-14-23(15-25)12-20-9-8-19(11-21(20)22(26)13-23)18-7-6-17(10-18)16-4-2-1-3-5-16/h1-6,8-11,24-25H,7,12-15H2. The number of aliphatic hydroxyl groups is 2. The molecule has 2 aromatic carbocycles. The second-order valence-electron chi connectivity index (χ2n) is 7.36. The predicted molar refractivity (Wildman–Crippen MR) is 103 cm³/mol. The molecule has 0 saturated heterocycles. The third kappa shape index (κ3) is 2.94. The van der Waals surface area contributed by atoms with Gasteiger partial charge in [0.2, 0.25) is 0 Å². The minimum absolute atomic E-state index is 0.00559. The number of carbonyl (C=O) groups excluding carboxylic acids is 1. The van der Waals surface area contributed by atoms with Crippen LogP contribution < -0.4 is 0 Å². The van der Waals surface area contributed by atoms with Crippen molar-refractivity contribution in [3.8, 4) is 0 Å². The molecule has 2 aliphatic carbocycles. The van der Waals surface area contributed by atoms with Crippen molar-refractivity contribution in [2.24, 2.45) is 5.41 Å². The van der Waals surface area contributed by atoms with Crippen LogP contribution in [0.25, 0.3) is 11.1 Å². The Morgan fingerprint density at radius 1 is 0.923 bits per heavy atom. The second-order valence-corrected chi connectivity index (χ2v) is 7.36. The van der Waals surface area contributed by atoms with E-state index in [0.29, 0.717) is 6.42 Å². The Morgan fingerprint density at radius 2 is 1.69 bits per heavy atom. The Labute approximate surface area is 153 Å². The Balaban J connectivity index is 1.63. The fraction of sp³-hybridized carbons (Fsp3) is 0.261. The number of rotatable bonds is 4. The lowest BCUT2D eigenvalue weighted by Crippen LogP contribution is -2.38. The first-order valence-electron chi connectivity index (χ1n) is 8.98. The Bertz CT molecular complexity index is 902. The van der Waals surface area contributed by atoms with Gasteiger partial charge in [0.25, 0.3) is 0 Å². The molecule has 0 atom stereocenters. The third-order valence-corrected chi connectivity index (χ3v) is 5.53. The van der Waals surface area contributed by atoms with Crippen LogP contribution in [-0.2, 0) is 6.42 Å². The van der Waals surface area contributed by atoms with Gasteiger partial charge in [0.1, 0.15) is 0 Å². The molecule has 3 heteroatoms. The molecule has 0 saturated carbocycles. The molecule has 26 heavy (non-hydrogen) atoms. The summed E-state index contributed by atoms with van der Waals surface area (Å²) in [5.74, 6) is 0.00559. The molecule has 3 nitrogen and oxygen atoms in total. The van der Waals surface area contributed by atoms with Gasteiger partial charge in [-0.2, -0.15) is 0 Å². The molecule has 4 rings (SSSR count). The van der Waals surface area contributed by atoms with E-state index in [0.717, 1.165) is 23.1 Å². The van der Waals surface area contributed by atoms with E-state index in [1.807, 2.05) is 36.4 Å². The molecule has 0 fully saturated rings. The number of allylic oxidation sites excluding steroid dienone is 4. The first-order chi connectivity index (χ1) is 12.6. The van der Waals surface area contributed by atoms with Gasteiger partial charge < -0.3 is 10.2 Å². The Morgan fingerprint density at radius 3 is 2.42 bits per heavy atom. The van der Waals surface area contributed by atoms with E-state index in [1.54, 1.807) is 0 Å². The van der Waals surface area contributed by atoms with Crippen LogP contribution >= 0.6 is 0 Å². The van der Waals surface area contributed by atoms with Gasteiger partial charge in [0.05, 0.1) is 13.2 Å². The van der Waals surface area contributed by atoms with Gasteiger partial charge in [0, 0.05) is 17.4 Å². The molecule has 2 N–H and O–H groups in total. The number of Topliss-reactive ketones (excluding diaryl/α,β-unsaturated/α-hetero) is 1. The van der Waals surface area contributed by atoms with Crippen molar-refractivity contribution < 1.29 is 15.0 Å². The molecular weight excluding hydrogens is 324 g/mol. The molecule has 0 amide bonds. The van der Waals surface area contributed by atoms with Gasteiger partial charge in [-0.25, -0.2) is 0 Å². The summed E-state index contributed by atoms with van der Waals surface area (Å²) in [5.41, 5.74) is 5.62. The third-order valence-electron chi connectivity index (χ3n) is 5.53. The molecule has 2 aliphatic rings. The Hall–Kier alpha value is -2.49. The van der Waals surface area contributed by atoms with Gasteiger partial charge in [-0.1, -0.05) is 54.6 Å². The van der Waals surface area contributed by atoms with Crippen LogP contribution in [-0.4, -0.2) is 29.2 Å². The molecule has 132 valence electrons. The number of aliphatic hydroxyl groups excluding tert-OH is 2. The maximum atomic E-state index is 12.6. The lowest BCUT2D eigenvalue weighted by Gasteiger charge is -2.34. The molecule has 2 aromatic rings. The molecule has 0 aliphatic heterocycles. The van der Waals surface area contributed by atoms with Gasteiger partial charge in [-0.15, -0.1) is 0 Å². The van der Waals surface area contributed by atoms with E-state index in [-0.39, 0.29) is 25.4 Å². The largest absolute Gasteiger partial charge is 0.396 e. The van der Waals surface area contributed by atoms with E-state index in [9.17, 15) is 15.0 Å². The fourth-order valence-corrected chi connectivity index (χ4v) is 3.92. The molecule has 0 heterocycles. The van der Waals surface area contributed by atoms with Crippen molar-refractivity contribution in [3.63, 3.8) is 0 Å². The highest BCUT2D eigenvalue weighted by molar-refractivity contribution is 6.00. The van der Waals surface area contributed by atoms with Gasteiger partial charge in [0.15, 0.2) is 5.78 Å². The van der Waals surface area contributed by atoms with Crippen LogP contribution in [0.4, 0.5) is 0 Å². The van der Waals surface area contributed by atoms with Crippen molar-refractivity contribution in [3.05, 3.63) is 82.9 Å². The summed E-state index contributed by atoms with van der Waals surface area (Å²) in [6.45, 7) is -0.349. The van der Waals surface area contributed by atoms with Crippen molar-refractivity contribution in [1.82, 2.24) is 0 Å². The summed E-state index contributed by atoms with van der Waals surface area (Å²) < 4.78 is 0. The monoisotopic (exact) mass is 346 g/mol. The highest BCUT2D eigenvalue weighted by Gasteiger charge is 2.37. The Kier molecular flexibility index (Phi) is 4.35. The van der Waals surface area contributed by atoms with E-state index in [1.165, 1.54) is 16.7 Å². The SMILES string of the molecule is O=C1CC(CO)(CO)Cc2ccc(C3=CC(c4ccccc4)=CC3)cc21. The van der Waals surface area contributed by atoms with Crippen molar-refractivity contribution >= 4 is 16.9 Å². The van der Waals surface area contributed by atoms with Crippen LogP contribution in [0.1, 0.15) is 39.9 Å². The van der Waals surface area contributed by atoms with Gasteiger partial charge >= 0.3 is 0 Å². The van der Waals surface area contributed by atoms with Crippen LogP contribution in [0.2, 0.25) is 0 Å². The number of fused-ring (bicyclic) bond motifs is 1. The molecule has 0 unspecified atom stereocenters. The second kappa shape index (κ2) is 6.67. The summed E-state index contributed by atoms with van der Waals surface area (Å²) in [6, 6.07) is 16.3. The molecule has 0 radical (unpaired) electrons. The maximum Gasteiger partial charge on any atom is 0.163 e. The van der Waals surface area contributed by atoms with Crippen molar-refractivity contribution in [2.45, 2.75) is 19.3 Å². The quantitative estimate of drug-likeness (QED) is 0.888. The molecular formula is C23H22O3. The lowest BCUT2D eigenvalue weighted by molar-refractivity contribution is 0.0387. The average molecular weight is 346 g/mol. The molecule has 0 bridgehead atoms. The normalized spacial score (nSPS) is 18.3. The molecule has 0 spiro atoms. The first-order valence-corrected chi connectivity index (χ1v) is 8.98. The number of hydrogen-bond acceptors (Lipinski definition) is 3. The van der Waals surface area contributed by atoms with Gasteiger partial charge in [-0.05, 0) is 46.7 Å². The zero-order valence-corrected chi connectivity index (χ0v) is 14.6. The lowest BCUT2D eigenvalue weighted by atomic mass is 9.71. The number of hydrogen-bond donors (Lipinski definition) is 2. The van der Waals surface area contributed by atoms with Crippen LogP contribution in [0.15, 0.2) is 60.7 Å². The molecule has 0 aromatic heterocycles. The van der Waals surface area contributed by atoms with Crippen LogP contribution in [0, 0.1) is 5.41 Å². The zero-order chi connectivity index (χ0) is 18.1. The minimum atomic E-state index is -0.722. The van der Waals surface area contributed by atoms with E-state index in [4.69, 9.17) is 0 Å². The summed E-state index contributed by atoms with van der Waals surface area (Å²) in [6.07, 6.45) is 6.00. The summed E-state index contributed by atoms with van der Waals surface area (Å²) in [5, 5.41) is 19.2. The van der Waals surface area contributed by atoms with E-state index < -0.39 is 5.41 Å².